The van der Waals surface area contributed by atoms with Crippen LogP contribution in [-0.2, 0) is 13.0 Å². The standard InChI is InChI=1S/C23H21F3O2/c1-3-15-5-6-17(20(24)13-15)14-28-18-9-7-16(8-10-18)19-11-12-21(27-4-2)23(26)22(19)25/h5-13H,3-4,14H2,1-2H3. The highest BCUT2D eigenvalue weighted by atomic mass is 19.2. The molecule has 2 nitrogen and oxygen atoms in total. The quantitative estimate of drug-likeness (QED) is 0.474. The fourth-order valence-corrected chi connectivity index (χ4v) is 2.84. The molecular formula is C23H21F3O2. The predicted octanol–water partition coefficient (Wildman–Crippen LogP) is 6.31. The number of benzene rings is 3. The summed E-state index contributed by atoms with van der Waals surface area (Å²) in [6.45, 7) is 4.00. The molecule has 5 heteroatoms. The van der Waals surface area contributed by atoms with Crippen LogP contribution in [0.3, 0.4) is 0 Å². The highest BCUT2D eigenvalue weighted by molar-refractivity contribution is 5.66. The molecule has 0 atom stereocenters. The normalized spacial score (nSPS) is 10.8. The van der Waals surface area contributed by atoms with Crippen LogP contribution in [-0.4, -0.2) is 6.61 Å². The minimum Gasteiger partial charge on any atom is -0.491 e. The van der Waals surface area contributed by atoms with Crippen molar-refractivity contribution in [2.75, 3.05) is 6.61 Å². The summed E-state index contributed by atoms with van der Waals surface area (Å²) in [7, 11) is 0. The summed E-state index contributed by atoms with van der Waals surface area (Å²) in [5.41, 5.74) is 2.02. The van der Waals surface area contributed by atoms with Crippen molar-refractivity contribution >= 4 is 0 Å². The zero-order valence-electron chi connectivity index (χ0n) is 15.8. The fourth-order valence-electron chi connectivity index (χ4n) is 2.84. The van der Waals surface area contributed by atoms with Crippen molar-refractivity contribution in [2.24, 2.45) is 0 Å². The molecule has 0 bridgehead atoms. The van der Waals surface area contributed by atoms with E-state index in [4.69, 9.17) is 9.47 Å². The van der Waals surface area contributed by atoms with Crippen molar-refractivity contribution in [1.29, 1.82) is 0 Å². The van der Waals surface area contributed by atoms with Gasteiger partial charge >= 0.3 is 0 Å². The van der Waals surface area contributed by atoms with E-state index in [1.165, 1.54) is 18.2 Å². The molecule has 3 aromatic carbocycles. The first kappa shape index (κ1) is 19.8. The molecule has 0 aromatic heterocycles. The molecule has 0 saturated heterocycles. The van der Waals surface area contributed by atoms with E-state index in [0.29, 0.717) is 16.9 Å². The Morgan fingerprint density at radius 2 is 1.54 bits per heavy atom. The first-order chi connectivity index (χ1) is 13.5. The van der Waals surface area contributed by atoms with Gasteiger partial charge in [0.05, 0.1) is 6.61 Å². The van der Waals surface area contributed by atoms with Gasteiger partial charge in [0, 0.05) is 11.1 Å². The van der Waals surface area contributed by atoms with E-state index in [0.717, 1.165) is 12.0 Å². The topological polar surface area (TPSA) is 18.5 Å². The second-order valence-corrected chi connectivity index (χ2v) is 6.26. The molecular weight excluding hydrogens is 365 g/mol. The first-order valence-corrected chi connectivity index (χ1v) is 9.14. The van der Waals surface area contributed by atoms with Gasteiger partial charge in [-0.15, -0.1) is 0 Å². The molecule has 0 fully saturated rings. The van der Waals surface area contributed by atoms with Crippen molar-refractivity contribution in [3.63, 3.8) is 0 Å². The van der Waals surface area contributed by atoms with Crippen LogP contribution in [0.5, 0.6) is 11.5 Å². The lowest BCUT2D eigenvalue weighted by atomic mass is 10.0. The van der Waals surface area contributed by atoms with Gasteiger partial charge in [-0.1, -0.05) is 31.2 Å². The molecule has 3 aromatic rings. The molecule has 0 aliphatic carbocycles. The van der Waals surface area contributed by atoms with E-state index in [1.54, 1.807) is 37.3 Å². The molecule has 0 radical (unpaired) electrons. The van der Waals surface area contributed by atoms with Crippen molar-refractivity contribution < 1.29 is 22.6 Å². The second kappa shape index (κ2) is 8.83. The maximum Gasteiger partial charge on any atom is 0.201 e. The summed E-state index contributed by atoms with van der Waals surface area (Å²) in [4.78, 5) is 0. The summed E-state index contributed by atoms with van der Waals surface area (Å²) < 4.78 is 53.1. The van der Waals surface area contributed by atoms with Crippen molar-refractivity contribution in [1.82, 2.24) is 0 Å². The van der Waals surface area contributed by atoms with Crippen molar-refractivity contribution in [3.05, 3.63) is 83.2 Å². The van der Waals surface area contributed by atoms with Gasteiger partial charge < -0.3 is 9.47 Å². The number of ether oxygens (including phenoxy) is 2. The summed E-state index contributed by atoms with van der Waals surface area (Å²) >= 11 is 0. The molecule has 0 amide bonds. The molecule has 146 valence electrons. The highest BCUT2D eigenvalue weighted by Gasteiger charge is 2.15. The van der Waals surface area contributed by atoms with Gasteiger partial charge in [0.1, 0.15) is 18.2 Å². The Labute approximate surface area is 162 Å². The summed E-state index contributed by atoms with van der Waals surface area (Å²) in [6, 6.07) is 14.5. The van der Waals surface area contributed by atoms with Gasteiger partial charge in [0.2, 0.25) is 5.82 Å². The van der Waals surface area contributed by atoms with Crippen LogP contribution in [0.15, 0.2) is 54.6 Å². The summed E-state index contributed by atoms with van der Waals surface area (Å²) in [6.07, 6.45) is 0.766. The average Bonchev–Trinajstić information content (AvgIpc) is 2.71. The Morgan fingerprint density at radius 1 is 0.786 bits per heavy atom. The van der Waals surface area contributed by atoms with Crippen LogP contribution in [0.2, 0.25) is 0 Å². The Hall–Kier alpha value is -2.95. The van der Waals surface area contributed by atoms with Gasteiger partial charge in [0.15, 0.2) is 11.6 Å². The van der Waals surface area contributed by atoms with E-state index in [-0.39, 0.29) is 30.3 Å². The fraction of sp³-hybridized carbons (Fsp3) is 0.217. The number of hydrogen-bond donors (Lipinski definition) is 0. The monoisotopic (exact) mass is 386 g/mol. The Morgan fingerprint density at radius 3 is 2.18 bits per heavy atom. The van der Waals surface area contributed by atoms with E-state index >= 15 is 0 Å². The lowest BCUT2D eigenvalue weighted by molar-refractivity contribution is 0.300. The largest absolute Gasteiger partial charge is 0.491 e. The minimum absolute atomic E-state index is 0.0845. The molecule has 0 spiro atoms. The lowest BCUT2D eigenvalue weighted by Crippen LogP contribution is -2.00. The third kappa shape index (κ3) is 4.30. The van der Waals surface area contributed by atoms with Crippen LogP contribution in [0.25, 0.3) is 11.1 Å². The first-order valence-electron chi connectivity index (χ1n) is 9.14. The number of halogens is 3. The number of hydrogen-bond acceptors (Lipinski definition) is 2. The maximum atomic E-state index is 14.3. The average molecular weight is 386 g/mol. The van der Waals surface area contributed by atoms with E-state index < -0.39 is 11.6 Å². The zero-order chi connectivity index (χ0) is 20.1. The van der Waals surface area contributed by atoms with E-state index in [2.05, 4.69) is 0 Å². The van der Waals surface area contributed by atoms with Crippen LogP contribution in [0.1, 0.15) is 25.0 Å². The number of rotatable bonds is 7. The van der Waals surface area contributed by atoms with Gasteiger partial charge in [-0.2, -0.15) is 4.39 Å². The summed E-state index contributed by atoms with van der Waals surface area (Å²) in [5.74, 6) is -1.87. The van der Waals surface area contributed by atoms with Crippen molar-refractivity contribution in [3.8, 4) is 22.6 Å². The van der Waals surface area contributed by atoms with E-state index in [1.807, 2.05) is 13.0 Å². The van der Waals surface area contributed by atoms with Crippen molar-refractivity contribution in [2.45, 2.75) is 26.9 Å². The van der Waals surface area contributed by atoms with Crippen LogP contribution >= 0.6 is 0 Å². The molecule has 3 rings (SSSR count). The van der Waals surface area contributed by atoms with Gasteiger partial charge in [-0.25, -0.2) is 8.78 Å². The van der Waals surface area contributed by atoms with Gasteiger partial charge in [-0.05, 0) is 54.8 Å². The lowest BCUT2D eigenvalue weighted by Gasteiger charge is -2.11. The molecule has 0 saturated carbocycles. The van der Waals surface area contributed by atoms with Crippen LogP contribution in [0, 0.1) is 17.5 Å². The van der Waals surface area contributed by atoms with Gasteiger partial charge in [0.25, 0.3) is 0 Å². The smallest absolute Gasteiger partial charge is 0.201 e. The second-order valence-electron chi connectivity index (χ2n) is 6.26. The SMILES string of the molecule is CCOc1ccc(-c2ccc(OCc3ccc(CC)cc3F)cc2)c(F)c1F. The van der Waals surface area contributed by atoms with Crippen LogP contribution in [0.4, 0.5) is 13.2 Å². The summed E-state index contributed by atoms with van der Waals surface area (Å²) in [5, 5.41) is 0. The Kier molecular flexibility index (Phi) is 6.24. The molecule has 0 aliphatic heterocycles. The van der Waals surface area contributed by atoms with E-state index in [9.17, 15) is 13.2 Å². The highest BCUT2D eigenvalue weighted by Crippen LogP contribution is 2.31. The number of aryl methyl sites for hydroxylation is 1. The third-order valence-electron chi connectivity index (χ3n) is 4.43. The molecule has 28 heavy (non-hydrogen) atoms. The Bertz CT molecular complexity index is 953. The molecule has 0 aliphatic rings. The molecule has 0 N–H and O–H groups in total. The molecule has 0 heterocycles. The Balaban J connectivity index is 1.73. The maximum absolute atomic E-state index is 14.3. The molecule has 0 unspecified atom stereocenters. The minimum atomic E-state index is -1.01. The van der Waals surface area contributed by atoms with Gasteiger partial charge in [-0.3, -0.25) is 0 Å². The van der Waals surface area contributed by atoms with Crippen LogP contribution < -0.4 is 9.47 Å². The third-order valence-corrected chi connectivity index (χ3v) is 4.43. The predicted molar refractivity (Wildman–Crippen MR) is 103 cm³/mol. The zero-order valence-corrected chi connectivity index (χ0v) is 15.8.